The number of benzene rings is 3. The summed E-state index contributed by atoms with van der Waals surface area (Å²) in [4.78, 5) is 12.1. The molecule has 0 aliphatic rings. The van der Waals surface area contributed by atoms with Crippen LogP contribution in [-0.4, -0.2) is 27.7 Å². The van der Waals surface area contributed by atoms with Crippen molar-refractivity contribution in [3.8, 4) is 5.75 Å². The van der Waals surface area contributed by atoms with Gasteiger partial charge in [0.1, 0.15) is 5.75 Å². The summed E-state index contributed by atoms with van der Waals surface area (Å²) in [7, 11) is 0. The van der Waals surface area contributed by atoms with Crippen molar-refractivity contribution in [3.63, 3.8) is 0 Å². The second-order valence-corrected chi connectivity index (χ2v) is 6.87. The highest BCUT2D eigenvalue weighted by molar-refractivity contribution is 6.10. The Bertz CT molecular complexity index is 923. The van der Waals surface area contributed by atoms with Gasteiger partial charge < -0.3 is 8.90 Å². The number of hydrogen-bond acceptors (Lipinski definition) is 3. The molecule has 0 spiro atoms. The number of carbonyl (C=O) groups is 1. The normalized spacial score (nSPS) is 13.0. The van der Waals surface area contributed by atoms with Crippen molar-refractivity contribution in [3.05, 3.63) is 101 Å². The Kier molecular flexibility index (Phi) is 6.01. The van der Waals surface area contributed by atoms with Crippen LogP contribution in [0.2, 0.25) is 0 Å². The first-order valence-corrected chi connectivity index (χ1v) is 9.38. The Labute approximate surface area is 168 Å². The van der Waals surface area contributed by atoms with E-state index < -0.39 is 5.97 Å². The second kappa shape index (κ2) is 8.44. The minimum Gasteiger partial charge on any atom is -0.624 e. The van der Waals surface area contributed by atoms with E-state index in [0.29, 0.717) is 0 Å². The highest BCUT2D eigenvalue weighted by Gasteiger charge is 2.25. The molecule has 4 heteroatoms. The first kappa shape index (κ1) is 19.2. The maximum absolute atomic E-state index is 12.1. The molecule has 1 N–H and O–H groups in total. The van der Waals surface area contributed by atoms with Crippen molar-refractivity contribution in [1.82, 2.24) is 0 Å². The summed E-state index contributed by atoms with van der Waals surface area (Å²) in [6.45, 7) is 4.15. The molecule has 0 saturated heterocycles. The molecule has 2 radical (unpaired) electrons. The zero-order valence-corrected chi connectivity index (χ0v) is 16.6. The van der Waals surface area contributed by atoms with Gasteiger partial charge in [0.25, 0.3) is 0 Å². The third-order valence-electron chi connectivity index (χ3n) is 5.08. The van der Waals surface area contributed by atoms with E-state index in [4.69, 9.17) is 3.79 Å². The summed E-state index contributed by atoms with van der Waals surface area (Å²) in [5, 5.41) is 11.0. The van der Waals surface area contributed by atoms with Gasteiger partial charge in [-0.05, 0) is 22.8 Å². The van der Waals surface area contributed by atoms with Gasteiger partial charge in [-0.2, -0.15) is 0 Å². The van der Waals surface area contributed by atoms with Crippen molar-refractivity contribution in [2.75, 3.05) is 0 Å². The average molecular weight is 372 g/mol. The van der Waals surface area contributed by atoms with Crippen LogP contribution in [0.15, 0.2) is 72.8 Å². The molecule has 3 aromatic carbocycles. The first-order chi connectivity index (χ1) is 13.0. The van der Waals surface area contributed by atoms with Crippen molar-refractivity contribution < 1.29 is 13.7 Å². The van der Waals surface area contributed by atoms with E-state index in [0.717, 1.165) is 22.3 Å². The summed E-state index contributed by atoms with van der Waals surface area (Å²) in [6, 6.07) is 23.7. The van der Waals surface area contributed by atoms with Crippen LogP contribution < -0.4 is 0 Å². The SMILES string of the molecule is CC(c1ccccc1)c1ccc(C(=O)[O][Al])c(O)c1C(C)c1ccccc1. The Morgan fingerprint density at radius 3 is 1.89 bits per heavy atom. The van der Waals surface area contributed by atoms with Crippen molar-refractivity contribution in [1.29, 1.82) is 0 Å². The van der Waals surface area contributed by atoms with E-state index in [1.807, 2.05) is 78.1 Å². The highest BCUT2D eigenvalue weighted by atomic mass is 27.1. The molecule has 2 unspecified atom stereocenters. The van der Waals surface area contributed by atoms with E-state index in [1.165, 1.54) is 0 Å². The Morgan fingerprint density at radius 2 is 1.37 bits per heavy atom. The number of rotatable bonds is 5. The third-order valence-corrected chi connectivity index (χ3v) is 5.29. The lowest BCUT2D eigenvalue weighted by atomic mass is 9.81. The van der Waals surface area contributed by atoms with Gasteiger partial charge in [-0.15, -0.1) is 0 Å². The van der Waals surface area contributed by atoms with Crippen LogP contribution in [0, 0.1) is 0 Å². The van der Waals surface area contributed by atoms with Gasteiger partial charge in [0.05, 0.1) is 5.56 Å². The number of aromatic hydroxyl groups is 1. The average Bonchev–Trinajstić information content (AvgIpc) is 2.73. The van der Waals surface area contributed by atoms with Crippen LogP contribution in [0.5, 0.6) is 5.75 Å². The molecule has 0 heterocycles. The molecule has 0 aromatic heterocycles. The summed E-state index contributed by atoms with van der Waals surface area (Å²) in [5.41, 5.74) is 4.15. The quantitative estimate of drug-likeness (QED) is 0.646. The third kappa shape index (κ3) is 3.93. The Morgan fingerprint density at radius 1 is 0.852 bits per heavy atom. The number of hydrogen-bond donors (Lipinski definition) is 1. The van der Waals surface area contributed by atoms with Gasteiger partial charge in [0.15, 0.2) is 0 Å². The van der Waals surface area contributed by atoms with E-state index >= 15 is 0 Å². The fourth-order valence-corrected chi connectivity index (χ4v) is 3.64. The standard InChI is InChI=1S/C23H22O3.Al/c1-15(17-9-5-3-6-10-17)19-13-14-20(23(25)26)22(24)21(19)16(2)18-11-7-4-8-12-18;/h3-16,24H,1-2H3,(H,25,26);/q;+1/p-1. The fraction of sp³-hybridized carbons (Fsp3) is 0.174. The van der Waals surface area contributed by atoms with Gasteiger partial charge in [-0.3, -0.25) is 0 Å². The van der Waals surface area contributed by atoms with E-state index in [2.05, 4.69) is 19.1 Å². The first-order valence-electron chi connectivity index (χ1n) is 8.91. The number of phenolic OH excluding ortho intramolecular Hbond substituents is 1. The Balaban J connectivity index is 2.18. The zero-order chi connectivity index (χ0) is 19.4. The summed E-state index contributed by atoms with van der Waals surface area (Å²) < 4.78 is 4.76. The lowest BCUT2D eigenvalue weighted by molar-refractivity contribution is 0.0746. The molecule has 3 rings (SSSR count). The molecular weight excluding hydrogens is 351 g/mol. The molecule has 0 aliphatic heterocycles. The molecule has 0 amide bonds. The molecule has 3 nitrogen and oxygen atoms in total. The molecule has 0 aliphatic carbocycles. The fourth-order valence-electron chi connectivity index (χ4n) is 3.51. The van der Waals surface area contributed by atoms with Gasteiger partial charge in [-0.25, -0.2) is 4.79 Å². The van der Waals surface area contributed by atoms with Gasteiger partial charge in [-0.1, -0.05) is 80.6 Å². The van der Waals surface area contributed by atoms with E-state index in [1.54, 1.807) is 6.07 Å². The van der Waals surface area contributed by atoms with Crippen LogP contribution in [0.1, 0.15) is 58.3 Å². The predicted molar refractivity (Wildman–Crippen MR) is 107 cm³/mol. The van der Waals surface area contributed by atoms with Crippen molar-refractivity contribution >= 4 is 22.6 Å². The maximum Gasteiger partial charge on any atom is 0.485 e. The smallest absolute Gasteiger partial charge is 0.485 e. The lowest BCUT2D eigenvalue weighted by Gasteiger charge is -2.24. The molecule has 3 aromatic rings. The summed E-state index contributed by atoms with van der Waals surface area (Å²) in [5.74, 6) is -0.596. The monoisotopic (exact) mass is 372 g/mol. The van der Waals surface area contributed by atoms with Crippen LogP contribution in [0.4, 0.5) is 0 Å². The topological polar surface area (TPSA) is 46.5 Å². The molecule has 0 fully saturated rings. The number of carbonyl (C=O) groups excluding carboxylic acids is 1. The minimum absolute atomic E-state index is 0.0147. The molecule has 134 valence electrons. The van der Waals surface area contributed by atoms with Gasteiger partial charge >= 0.3 is 22.6 Å². The molecule has 2 atom stereocenters. The number of phenols is 1. The molecule has 0 bridgehead atoms. The predicted octanol–water partition coefficient (Wildman–Crippen LogP) is 4.94. The highest BCUT2D eigenvalue weighted by Crippen LogP contribution is 2.41. The largest absolute Gasteiger partial charge is 0.624 e. The molecule has 27 heavy (non-hydrogen) atoms. The van der Waals surface area contributed by atoms with Crippen molar-refractivity contribution in [2.24, 2.45) is 0 Å². The van der Waals surface area contributed by atoms with Gasteiger partial charge in [0, 0.05) is 17.4 Å². The van der Waals surface area contributed by atoms with Crippen molar-refractivity contribution in [2.45, 2.75) is 25.7 Å². The lowest BCUT2D eigenvalue weighted by Crippen LogP contribution is -2.10. The molecule has 0 saturated carbocycles. The van der Waals surface area contributed by atoms with E-state index in [-0.39, 0.29) is 23.1 Å². The minimum atomic E-state index is -0.571. The van der Waals surface area contributed by atoms with Crippen LogP contribution >= 0.6 is 0 Å². The van der Waals surface area contributed by atoms with Crippen LogP contribution in [0.25, 0.3) is 0 Å². The van der Waals surface area contributed by atoms with Crippen LogP contribution in [0.3, 0.4) is 0 Å². The van der Waals surface area contributed by atoms with Gasteiger partial charge in [0.2, 0.25) is 0 Å². The second-order valence-electron chi connectivity index (χ2n) is 6.63. The Hall–Kier alpha value is -2.54. The maximum atomic E-state index is 12.1. The summed E-state index contributed by atoms with van der Waals surface area (Å²) in [6.07, 6.45) is 0. The van der Waals surface area contributed by atoms with E-state index in [9.17, 15) is 9.90 Å². The van der Waals surface area contributed by atoms with Crippen LogP contribution in [-0.2, 0) is 3.79 Å². The molecular formula is C23H21AlO3. The zero-order valence-electron chi connectivity index (χ0n) is 15.4. The summed E-state index contributed by atoms with van der Waals surface area (Å²) >= 11 is 1.94.